The van der Waals surface area contributed by atoms with Gasteiger partial charge >= 0.3 is 0 Å². The van der Waals surface area contributed by atoms with E-state index in [0.717, 1.165) is 65.7 Å². The lowest BCUT2D eigenvalue weighted by Crippen LogP contribution is -2.29. The zero-order valence-corrected chi connectivity index (χ0v) is 32.9. The number of hydrogen-bond acceptors (Lipinski definition) is 5. The van der Waals surface area contributed by atoms with Crippen molar-refractivity contribution in [2.24, 2.45) is 5.92 Å². The molecule has 4 nitrogen and oxygen atoms in total. The third-order valence-electron chi connectivity index (χ3n) is 12.0. The fraction of sp³-hybridized carbons (Fsp3) is 0.0556. The van der Waals surface area contributed by atoms with E-state index in [9.17, 15) is 0 Å². The Morgan fingerprint density at radius 2 is 1.03 bits per heavy atom. The van der Waals surface area contributed by atoms with E-state index in [2.05, 4.69) is 177 Å². The van der Waals surface area contributed by atoms with E-state index in [1.807, 2.05) is 23.5 Å². The second-order valence-corrected chi connectivity index (χ2v) is 16.6. The van der Waals surface area contributed by atoms with Gasteiger partial charge < -0.3 is 4.42 Å². The molecule has 0 saturated heterocycles. The Morgan fingerprint density at radius 1 is 0.458 bits per heavy atom. The van der Waals surface area contributed by atoms with E-state index in [0.29, 0.717) is 11.6 Å². The van der Waals surface area contributed by atoms with Crippen molar-refractivity contribution in [1.29, 1.82) is 0 Å². The summed E-state index contributed by atoms with van der Waals surface area (Å²) in [5.74, 6) is 2.03. The minimum Gasteiger partial charge on any atom is -0.456 e. The maximum atomic E-state index is 6.43. The molecule has 5 heteroatoms. The van der Waals surface area contributed by atoms with Crippen LogP contribution in [0.25, 0.3) is 110 Å². The predicted octanol–water partition coefficient (Wildman–Crippen LogP) is 13.0. The van der Waals surface area contributed by atoms with E-state index in [1.54, 1.807) is 0 Å². The molecule has 0 saturated carbocycles. The van der Waals surface area contributed by atoms with Gasteiger partial charge in [0.15, 0.2) is 11.6 Å². The van der Waals surface area contributed by atoms with Gasteiger partial charge in [-0.2, -0.15) is 0 Å². The Bertz CT molecular complexity index is 3600. The van der Waals surface area contributed by atoms with Crippen molar-refractivity contribution in [2.75, 3.05) is 0 Å². The SMILES string of the molecule is CC1C=c2c(oc3ccccc23)=CC1c1nc(-c2cccc3ccccc23)nc(-c2cc(-c3cccc4c3sc3c(-c5ccccc5)cccc34)cc3ccccc23)n1. The number of fused-ring (bicyclic) bond motifs is 8. The monoisotopic (exact) mass is 773 g/mol. The molecule has 0 aliphatic heterocycles. The highest BCUT2D eigenvalue weighted by Crippen LogP contribution is 2.45. The van der Waals surface area contributed by atoms with E-state index >= 15 is 0 Å². The molecule has 278 valence electrons. The molecular weight excluding hydrogens is 739 g/mol. The predicted molar refractivity (Wildman–Crippen MR) is 246 cm³/mol. The fourth-order valence-electron chi connectivity index (χ4n) is 9.12. The van der Waals surface area contributed by atoms with Crippen LogP contribution in [-0.4, -0.2) is 15.0 Å². The van der Waals surface area contributed by atoms with Crippen molar-refractivity contribution in [3.8, 4) is 45.0 Å². The lowest BCUT2D eigenvalue weighted by atomic mass is 9.88. The summed E-state index contributed by atoms with van der Waals surface area (Å²) in [4.78, 5) is 16.1. The minimum absolute atomic E-state index is 0.119. The number of thiophene rings is 1. The molecular formula is C54H35N3OS. The van der Waals surface area contributed by atoms with Crippen LogP contribution in [0.2, 0.25) is 0 Å². The fourth-order valence-corrected chi connectivity index (χ4v) is 10.5. The molecule has 0 fully saturated rings. The Labute approximate surface area is 344 Å². The smallest absolute Gasteiger partial charge is 0.164 e. The highest BCUT2D eigenvalue weighted by molar-refractivity contribution is 7.26. The molecule has 3 heterocycles. The van der Waals surface area contributed by atoms with Gasteiger partial charge in [0.2, 0.25) is 0 Å². The van der Waals surface area contributed by atoms with E-state index in [1.165, 1.54) is 36.9 Å². The second kappa shape index (κ2) is 13.4. The maximum Gasteiger partial charge on any atom is 0.164 e. The minimum atomic E-state index is -0.126. The third kappa shape index (κ3) is 5.54. The van der Waals surface area contributed by atoms with Gasteiger partial charge in [-0.15, -0.1) is 11.3 Å². The molecule has 11 aromatic rings. The summed E-state index contributed by atoms with van der Waals surface area (Å²) >= 11 is 1.87. The van der Waals surface area contributed by atoms with Crippen LogP contribution in [0.3, 0.4) is 0 Å². The molecule has 1 aliphatic carbocycles. The lowest BCUT2D eigenvalue weighted by Gasteiger charge is -2.20. The van der Waals surface area contributed by atoms with Crippen molar-refractivity contribution in [3.05, 3.63) is 186 Å². The van der Waals surface area contributed by atoms with Crippen LogP contribution in [0, 0.1) is 5.92 Å². The second-order valence-electron chi connectivity index (χ2n) is 15.5. The van der Waals surface area contributed by atoms with Gasteiger partial charge in [0.05, 0.1) is 0 Å². The average molecular weight is 774 g/mol. The van der Waals surface area contributed by atoms with Gasteiger partial charge in [0.25, 0.3) is 0 Å². The van der Waals surface area contributed by atoms with Gasteiger partial charge in [-0.1, -0.05) is 165 Å². The highest BCUT2D eigenvalue weighted by atomic mass is 32.1. The largest absolute Gasteiger partial charge is 0.456 e. The molecule has 0 N–H and O–H groups in total. The topological polar surface area (TPSA) is 51.8 Å². The van der Waals surface area contributed by atoms with E-state index in [4.69, 9.17) is 19.4 Å². The lowest BCUT2D eigenvalue weighted by molar-refractivity contribution is 0.555. The van der Waals surface area contributed by atoms with Crippen LogP contribution in [0.5, 0.6) is 0 Å². The molecule has 0 spiro atoms. The molecule has 0 amide bonds. The van der Waals surface area contributed by atoms with E-state index < -0.39 is 0 Å². The van der Waals surface area contributed by atoms with Crippen molar-refractivity contribution in [2.45, 2.75) is 12.8 Å². The zero-order chi connectivity index (χ0) is 39.0. The number of furan rings is 1. The Morgan fingerprint density at radius 3 is 1.81 bits per heavy atom. The summed E-state index contributed by atoms with van der Waals surface area (Å²) in [6, 6.07) is 60.4. The number of aromatic nitrogens is 3. The molecule has 8 aromatic carbocycles. The summed E-state index contributed by atoms with van der Waals surface area (Å²) in [5, 5.41) is 9.29. The number of para-hydroxylation sites is 1. The van der Waals surface area contributed by atoms with E-state index in [-0.39, 0.29) is 11.8 Å². The van der Waals surface area contributed by atoms with Crippen LogP contribution in [-0.2, 0) is 0 Å². The molecule has 3 aromatic heterocycles. The van der Waals surface area contributed by atoms with Crippen LogP contribution >= 0.6 is 11.3 Å². The number of hydrogen-bond donors (Lipinski definition) is 0. The van der Waals surface area contributed by atoms with Gasteiger partial charge in [-0.05, 0) is 74.0 Å². The first-order valence-electron chi connectivity index (χ1n) is 20.1. The Balaban J connectivity index is 1.10. The Kier molecular flexibility index (Phi) is 7.72. The summed E-state index contributed by atoms with van der Waals surface area (Å²) in [7, 11) is 0. The van der Waals surface area contributed by atoms with Crippen molar-refractivity contribution >= 4 is 76.2 Å². The molecule has 0 radical (unpaired) electrons. The van der Waals surface area contributed by atoms with Crippen molar-refractivity contribution < 1.29 is 4.42 Å². The van der Waals surface area contributed by atoms with Crippen LogP contribution in [0.15, 0.2) is 174 Å². The van der Waals surface area contributed by atoms with Crippen LogP contribution < -0.4 is 10.6 Å². The quantitative estimate of drug-likeness (QED) is 0.175. The summed E-state index contributed by atoms with van der Waals surface area (Å²) in [5.41, 5.74) is 8.52. The molecule has 12 rings (SSSR count). The van der Waals surface area contributed by atoms with Gasteiger partial charge in [-0.25, -0.2) is 15.0 Å². The normalized spacial score (nSPS) is 15.1. The first-order chi connectivity index (χ1) is 29.1. The highest BCUT2D eigenvalue weighted by Gasteiger charge is 2.26. The standard InChI is InChI=1S/C54H35N3OS/c1-32-28-46-41-21-9-10-27-48(41)58-49(46)31-45(32)53-55-52(44-26-11-18-33-16-5-7-19-37(33)44)56-54(57-53)47-30-36(29-35-17-6-8-20-38(35)47)40-23-13-25-43-42-24-12-22-39(50(42)59-51(40)43)34-14-3-2-4-15-34/h2-32,45H,1H3. The molecule has 59 heavy (non-hydrogen) atoms. The first kappa shape index (κ1) is 33.9. The van der Waals surface area contributed by atoms with Gasteiger partial charge in [-0.3, -0.25) is 0 Å². The number of nitrogens with zero attached hydrogens (tertiary/aromatic N) is 3. The average Bonchev–Trinajstić information content (AvgIpc) is 3.86. The summed E-state index contributed by atoms with van der Waals surface area (Å²) in [6.45, 7) is 2.25. The van der Waals surface area contributed by atoms with Crippen molar-refractivity contribution in [1.82, 2.24) is 15.0 Å². The Hall–Kier alpha value is -7.21. The molecule has 2 atom stereocenters. The van der Waals surface area contributed by atoms with Gasteiger partial charge in [0.1, 0.15) is 16.8 Å². The molecule has 2 unspecified atom stereocenters. The van der Waals surface area contributed by atoms with Crippen molar-refractivity contribution in [3.63, 3.8) is 0 Å². The summed E-state index contributed by atoms with van der Waals surface area (Å²) < 4.78 is 9.00. The zero-order valence-electron chi connectivity index (χ0n) is 32.1. The summed E-state index contributed by atoms with van der Waals surface area (Å²) in [6.07, 6.45) is 4.53. The number of benzene rings is 8. The third-order valence-corrected chi connectivity index (χ3v) is 13.3. The number of rotatable bonds is 5. The van der Waals surface area contributed by atoms with Gasteiger partial charge in [0, 0.05) is 47.8 Å². The van der Waals surface area contributed by atoms with Crippen LogP contribution in [0.1, 0.15) is 18.7 Å². The maximum absolute atomic E-state index is 6.43. The molecule has 1 aliphatic rings. The first-order valence-corrected chi connectivity index (χ1v) is 20.9. The van der Waals surface area contributed by atoms with Crippen LogP contribution in [0.4, 0.5) is 0 Å². The molecule has 0 bridgehead atoms.